The Morgan fingerprint density at radius 2 is 2.36 bits per heavy atom. The maximum atomic E-state index is 4.43. The van der Waals surface area contributed by atoms with Gasteiger partial charge in [-0.05, 0) is 25.5 Å². The van der Waals surface area contributed by atoms with Crippen LogP contribution in [0.1, 0.15) is 12.5 Å². The summed E-state index contributed by atoms with van der Waals surface area (Å²) in [5.41, 5.74) is 1.22. The molecule has 1 aromatic rings. The molecule has 3 heteroatoms. The van der Waals surface area contributed by atoms with Crippen molar-refractivity contribution in [3.8, 4) is 0 Å². The van der Waals surface area contributed by atoms with Crippen molar-refractivity contribution in [3.05, 3.63) is 23.9 Å². The summed E-state index contributed by atoms with van der Waals surface area (Å²) < 4.78 is 0. The first-order chi connectivity index (χ1) is 6.75. The zero-order chi connectivity index (χ0) is 9.97. The first kappa shape index (κ1) is 9.46. The molecule has 14 heavy (non-hydrogen) atoms. The molecule has 2 rings (SSSR count). The maximum absolute atomic E-state index is 4.43. The fourth-order valence-corrected chi connectivity index (χ4v) is 1.79. The fraction of sp³-hybridized carbons (Fsp3) is 0.545. The molecule has 1 atom stereocenters. The second kappa shape index (κ2) is 3.96. The van der Waals surface area contributed by atoms with Gasteiger partial charge >= 0.3 is 0 Å². The smallest absolute Gasteiger partial charge is 0.128 e. The van der Waals surface area contributed by atoms with E-state index in [4.69, 9.17) is 0 Å². The predicted molar refractivity (Wildman–Crippen MR) is 58.7 cm³/mol. The highest BCUT2D eigenvalue weighted by molar-refractivity contribution is 5.39. The van der Waals surface area contributed by atoms with Crippen LogP contribution < -0.4 is 10.2 Å². The molecule has 2 heterocycles. The SMILES string of the molecule is Cc1ccc(N2CCN[C@H](C)C2)nc1. The average Bonchev–Trinajstić information content (AvgIpc) is 2.19. The van der Waals surface area contributed by atoms with E-state index in [9.17, 15) is 0 Å². The molecule has 1 aliphatic rings. The lowest BCUT2D eigenvalue weighted by Crippen LogP contribution is -2.49. The quantitative estimate of drug-likeness (QED) is 0.722. The number of hydrogen-bond acceptors (Lipinski definition) is 3. The molecule has 0 radical (unpaired) electrons. The van der Waals surface area contributed by atoms with Gasteiger partial charge in [0.1, 0.15) is 5.82 Å². The molecule has 1 N–H and O–H groups in total. The topological polar surface area (TPSA) is 28.2 Å². The van der Waals surface area contributed by atoms with E-state index in [2.05, 4.69) is 41.2 Å². The van der Waals surface area contributed by atoms with Gasteiger partial charge in [-0.15, -0.1) is 0 Å². The van der Waals surface area contributed by atoms with E-state index < -0.39 is 0 Å². The van der Waals surface area contributed by atoms with Gasteiger partial charge in [0.2, 0.25) is 0 Å². The van der Waals surface area contributed by atoms with E-state index >= 15 is 0 Å². The Kier molecular flexibility index (Phi) is 2.68. The zero-order valence-electron chi connectivity index (χ0n) is 8.83. The summed E-state index contributed by atoms with van der Waals surface area (Å²) >= 11 is 0. The summed E-state index contributed by atoms with van der Waals surface area (Å²) in [4.78, 5) is 6.77. The van der Waals surface area contributed by atoms with Gasteiger partial charge < -0.3 is 10.2 Å². The molecule has 0 aliphatic carbocycles. The molecule has 0 unspecified atom stereocenters. The third-order valence-corrected chi connectivity index (χ3v) is 2.59. The van der Waals surface area contributed by atoms with Crippen molar-refractivity contribution >= 4 is 5.82 Å². The van der Waals surface area contributed by atoms with Gasteiger partial charge in [-0.25, -0.2) is 4.98 Å². The first-order valence-electron chi connectivity index (χ1n) is 5.17. The molecule has 0 aromatic carbocycles. The number of nitrogens with zero attached hydrogens (tertiary/aromatic N) is 2. The van der Waals surface area contributed by atoms with Crippen LogP contribution in [0, 0.1) is 6.92 Å². The van der Waals surface area contributed by atoms with E-state index in [1.807, 2.05) is 6.20 Å². The molecule has 1 fully saturated rings. The minimum absolute atomic E-state index is 0.562. The number of piperazine rings is 1. The predicted octanol–water partition coefficient (Wildman–Crippen LogP) is 1.19. The van der Waals surface area contributed by atoms with Gasteiger partial charge in [0.15, 0.2) is 0 Å². The van der Waals surface area contributed by atoms with Crippen molar-refractivity contribution in [1.29, 1.82) is 0 Å². The molecule has 1 aliphatic heterocycles. The number of rotatable bonds is 1. The van der Waals surface area contributed by atoms with Crippen LogP contribution >= 0.6 is 0 Å². The lowest BCUT2D eigenvalue weighted by atomic mass is 10.2. The summed E-state index contributed by atoms with van der Waals surface area (Å²) in [5.74, 6) is 1.10. The molecular formula is C11H17N3. The van der Waals surface area contributed by atoms with Crippen LogP contribution in [0.3, 0.4) is 0 Å². The minimum atomic E-state index is 0.562. The Balaban J connectivity index is 2.10. The van der Waals surface area contributed by atoms with Crippen molar-refractivity contribution in [2.45, 2.75) is 19.9 Å². The maximum Gasteiger partial charge on any atom is 0.128 e. The third kappa shape index (κ3) is 2.04. The molecular weight excluding hydrogens is 174 g/mol. The van der Waals surface area contributed by atoms with E-state index in [1.165, 1.54) is 5.56 Å². The fourth-order valence-electron chi connectivity index (χ4n) is 1.79. The van der Waals surface area contributed by atoms with Gasteiger partial charge in [0.25, 0.3) is 0 Å². The molecule has 0 saturated carbocycles. The number of aryl methyl sites for hydroxylation is 1. The Labute approximate surface area is 85.1 Å². The van der Waals surface area contributed by atoms with Gasteiger partial charge in [0, 0.05) is 31.9 Å². The first-order valence-corrected chi connectivity index (χ1v) is 5.17. The van der Waals surface area contributed by atoms with Crippen LogP contribution in [-0.2, 0) is 0 Å². The Morgan fingerprint density at radius 3 is 3.00 bits per heavy atom. The van der Waals surface area contributed by atoms with Gasteiger partial charge in [-0.1, -0.05) is 6.07 Å². The molecule has 1 aromatic heterocycles. The number of nitrogens with one attached hydrogen (secondary N) is 1. The van der Waals surface area contributed by atoms with Crippen molar-refractivity contribution < 1.29 is 0 Å². The summed E-state index contributed by atoms with van der Waals surface area (Å²) in [6, 6.07) is 4.79. The Bertz CT molecular complexity index is 294. The second-order valence-electron chi connectivity index (χ2n) is 3.99. The monoisotopic (exact) mass is 191 g/mol. The average molecular weight is 191 g/mol. The zero-order valence-corrected chi connectivity index (χ0v) is 8.83. The van der Waals surface area contributed by atoms with Crippen molar-refractivity contribution in [3.63, 3.8) is 0 Å². The summed E-state index contributed by atoms with van der Waals surface area (Å²) in [6.45, 7) is 7.44. The summed E-state index contributed by atoms with van der Waals surface area (Å²) in [6.07, 6.45) is 1.93. The number of pyridine rings is 1. The van der Waals surface area contributed by atoms with Crippen LogP contribution in [0.4, 0.5) is 5.82 Å². The lowest BCUT2D eigenvalue weighted by Gasteiger charge is -2.32. The van der Waals surface area contributed by atoms with Gasteiger partial charge in [0.05, 0.1) is 0 Å². The Morgan fingerprint density at radius 1 is 1.50 bits per heavy atom. The van der Waals surface area contributed by atoms with E-state index in [1.54, 1.807) is 0 Å². The van der Waals surface area contributed by atoms with E-state index in [0.29, 0.717) is 6.04 Å². The molecule has 3 nitrogen and oxygen atoms in total. The van der Waals surface area contributed by atoms with Crippen molar-refractivity contribution in [2.24, 2.45) is 0 Å². The van der Waals surface area contributed by atoms with Crippen LogP contribution in [0.5, 0.6) is 0 Å². The molecule has 1 saturated heterocycles. The highest BCUT2D eigenvalue weighted by atomic mass is 15.2. The van der Waals surface area contributed by atoms with Crippen LogP contribution in [0.2, 0.25) is 0 Å². The lowest BCUT2D eigenvalue weighted by molar-refractivity contribution is 0.482. The molecule has 76 valence electrons. The third-order valence-electron chi connectivity index (χ3n) is 2.59. The van der Waals surface area contributed by atoms with Crippen LogP contribution in [0.25, 0.3) is 0 Å². The van der Waals surface area contributed by atoms with Gasteiger partial charge in [-0.3, -0.25) is 0 Å². The van der Waals surface area contributed by atoms with Crippen molar-refractivity contribution in [2.75, 3.05) is 24.5 Å². The summed E-state index contributed by atoms with van der Waals surface area (Å²) in [7, 11) is 0. The van der Waals surface area contributed by atoms with Crippen molar-refractivity contribution in [1.82, 2.24) is 10.3 Å². The normalized spacial score (nSPS) is 22.4. The highest BCUT2D eigenvalue weighted by Gasteiger charge is 2.16. The molecule has 0 spiro atoms. The van der Waals surface area contributed by atoms with Gasteiger partial charge in [-0.2, -0.15) is 0 Å². The van der Waals surface area contributed by atoms with Crippen LogP contribution in [-0.4, -0.2) is 30.7 Å². The number of anilines is 1. The molecule has 0 bridgehead atoms. The minimum Gasteiger partial charge on any atom is -0.354 e. The number of hydrogen-bond donors (Lipinski definition) is 1. The largest absolute Gasteiger partial charge is 0.354 e. The standard InChI is InChI=1S/C11H17N3/c1-9-3-4-11(13-7-9)14-6-5-12-10(2)8-14/h3-4,7,10,12H,5-6,8H2,1-2H3/t10-/m1/s1. The van der Waals surface area contributed by atoms with E-state index in [-0.39, 0.29) is 0 Å². The highest BCUT2D eigenvalue weighted by Crippen LogP contribution is 2.12. The molecule has 0 amide bonds. The summed E-state index contributed by atoms with van der Waals surface area (Å²) in [5, 5.41) is 3.42. The number of aromatic nitrogens is 1. The van der Waals surface area contributed by atoms with Crippen LogP contribution in [0.15, 0.2) is 18.3 Å². The second-order valence-corrected chi connectivity index (χ2v) is 3.99. The van der Waals surface area contributed by atoms with E-state index in [0.717, 1.165) is 25.5 Å². The Hall–Kier alpha value is -1.09.